The van der Waals surface area contributed by atoms with E-state index in [0.29, 0.717) is 6.42 Å². The molecular weight excluding hydrogens is 388 g/mol. The first kappa shape index (κ1) is 28.0. The number of aliphatic hydroxyl groups excluding tert-OH is 2. The molecule has 180 valence electrons. The highest BCUT2D eigenvalue weighted by Crippen LogP contribution is 2.21. The Kier molecular flexibility index (Phi) is 16.8. The van der Waals surface area contributed by atoms with E-state index in [4.69, 9.17) is 5.11 Å². The predicted molar refractivity (Wildman–Crippen MR) is 128 cm³/mol. The SMILES string of the molecule is C=C1CCCCCCCCCC(CO)C1=O.O=C1CCCCCCCCCCC1CO. The van der Waals surface area contributed by atoms with Gasteiger partial charge in [0.15, 0.2) is 5.78 Å². The number of carbonyl (C=O) groups excluding carboxylic acids is 2. The maximum absolute atomic E-state index is 11.9. The van der Waals surface area contributed by atoms with Crippen LogP contribution in [0.3, 0.4) is 0 Å². The normalized spacial score (nSPS) is 26.3. The summed E-state index contributed by atoms with van der Waals surface area (Å²) >= 11 is 0. The molecule has 0 aromatic rings. The number of Topliss-reactive ketones (excluding diaryl/α,β-unsaturated/α-hetero) is 2. The molecule has 0 heterocycles. The van der Waals surface area contributed by atoms with Crippen LogP contribution >= 0.6 is 0 Å². The van der Waals surface area contributed by atoms with Gasteiger partial charge in [-0.25, -0.2) is 0 Å². The number of aliphatic hydroxyl groups is 2. The third-order valence-electron chi connectivity index (χ3n) is 6.87. The van der Waals surface area contributed by atoms with E-state index in [-0.39, 0.29) is 36.6 Å². The zero-order chi connectivity index (χ0) is 22.7. The summed E-state index contributed by atoms with van der Waals surface area (Å²) in [5, 5.41) is 18.4. The fourth-order valence-corrected chi connectivity index (χ4v) is 4.64. The molecule has 2 aliphatic rings. The lowest BCUT2D eigenvalue weighted by molar-refractivity contribution is -0.124. The van der Waals surface area contributed by atoms with Crippen LogP contribution < -0.4 is 0 Å². The minimum absolute atomic E-state index is 0.0160. The minimum Gasteiger partial charge on any atom is -0.396 e. The van der Waals surface area contributed by atoms with E-state index in [0.717, 1.165) is 50.5 Å². The van der Waals surface area contributed by atoms with Crippen LogP contribution in [0.4, 0.5) is 0 Å². The average Bonchev–Trinajstić information content (AvgIpc) is 2.76. The number of hydrogen-bond donors (Lipinski definition) is 2. The molecule has 0 spiro atoms. The van der Waals surface area contributed by atoms with Gasteiger partial charge in [0.05, 0.1) is 13.2 Å². The van der Waals surface area contributed by atoms with Gasteiger partial charge in [0.2, 0.25) is 0 Å². The predicted octanol–water partition coefficient (Wildman–Crippen LogP) is 6.32. The smallest absolute Gasteiger partial charge is 0.163 e. The van der Waals surface area contributed by atoms with Crippen LogP contribution in [0.15, 0.2) is 12.2 Å². The molecule has 0 amide bonds. The number of hydrogen-bond acceptors (Lipinski definition) is 4. The lowest BCUT2D eigenvalue weighted by Gasteiger charge is -2.15. The summed E-state index contributed by atoms with van der Waals surface area (Å²) in [6.45, 7) is 3.90. The van der Waals surface area contributed by atoms with Crippen molar-refractivity contribution >= 4 is 11.6 Å². The molecule has 0 radical (unpaired) electrons. The van der Waals surface area contributed by atoms with Gasteiger partial charge in [0.25, 0.3) is 0 Å². The summed E-state index contributed by atoms with van der Waals surface area (Å²) in [7, 11) is 0. The summed E-state index contributed by atoms with van der Waals surface area (Å²) in [5.41, 5.74) is 0.722. The Bertz CT molecular complexity index is 499. The van der Waals surface area contributed by atoms with E-state index in [2.05, 4.69) is 6.58 Å². The molecule has 2 fully saturated rings. The van der Waals surface area contributed by atoms with Crippen molar-refractivity contribution in [3.05, 3.63) is 12.2 Å². The first-order chi connectivity index (χ1) is 15.1. The molecule has 2 rings (SSSR count). The lowest BCUT2D eigenvalue weighted by Crippen LogP contribution is -2.20. The van der Waals surface area contributed by atoms with E-state index in [1.807, 2.05) is 0 Å². The number of rotatable bonds is 2. The Labute approximate surface area is 190 Å². The molecule has 2 atom stereocenters. The van der Waals surface area contributed by atoms with Gasteiger partial charge in [-0.1, -0.05) is 90.0 Å². The quantitative estimate of drug-likeness (QED) is 0.496. The first-order valence-electron chi connectivity index (χ1n) is 13.1. The lowest BCUT2D eigenvalue weighted by atomic mass is 9.90. The maximum Gasteiger partial charge on any atom is 0.163 e. The van der Waals surface area contributed by atoms with E-state index < -0.39 is 0 Å². The highest BCUT2D eigenvalue weighted by atomic mass is 16.3. The van der Waals surface area contributed by atoms with Crippen LogP contribution in [0.5, 0.6) is 0 Å². The number of ketones is 2. The van der Waals surface area contributed by atoms with Crippen molar-refractivity contribution in [2.45, 2.75) is 122 Å². The zero-order valence-electron chi connectivity index (χ0n) is 19.9. The van der Waals surface area contributed by atoms with Gasteiger partial charge in [-0.3, -0.25) is 9.59 Å². The molecule has 2 N–H and O–H groups in total. The third kappa shape index (κ3) is 13.2. The molecule has 2 saturated carbocycles. The van der Waals surface area contributed by atoms with Crippen molar-refractivity contribution in [2.24, 2.45) is 11.8 Å². The van der Waals surface area contributed by atoms with E-state index in [1.165, 1.54) is 70.6 Å². The van der Waals surface area contributed by atoms with E-state index >= 15 is 0 Å². The number of allylic oxidation sites excluding steroid dienone is 1. The van der Waals surface area contributed by atoms with Gasteiger partial charge >= 0.3 is 0 Å². The minimum atomic E-state index is -0.188. The second-order valence-corrected chi connectivity index (χ2v) is 9.57. The van der Waals surface area contributed by atoms with Crippen molar-refractivity contribution < 1.29 is 19.8 Å². The maximum atomic E-state index is 11.9. The third-order valence-corrected chi connectivity index (χ3v) is 6.87. The molecule has 0 bridgehead atoms. The van der Waals surface area contributed by atoms with Crippen molar-refractivity contribution in [3.8, 4) is 0 Å². The monoisotopic (exact) mass is 436 g/mol. The fourth-order valence-electron chi connectivity index (χ4n) is 4.64. The Morgan fingerprint density at radius 1 is 0.581 bits per heavy atom. The molecule has 4 heteroatoms. The highest BCUT2D eigenvalue weighted by Gasteiger charge is 2.20. The van der Waals surface area contributed by atoms with E-state index in [1.54, 1.807) is 0 Å². The van der Waals surface area contributed by atoms with Crippen molar-refractivity contribution in [1.82, 2.24) is 0 Å². The van der Waals surface area contributed by atoms with Crippen molar-refractivity contribution in [3.63, 3.8) is 0 Å². The van der Waals surface area contributed by atoms with Gasteiger partial charge < -0.3 is 10.2 Å². The standard InChI is InChI=1S/C14H24O2.C13H24O2/c1-12-9-7-5-3-2-4-6-8-10-13(11-15)14(12)16;14-11-12-9-7-5-3-1-2-4-6-8-10-13(12)15/h13,15H,1-11H2;12,14H,1-11H2. The van der Waals surface area contributed by atoms with Crippen LogP contribution in [0.25, 0.3) is 0 Å². The molecule has 0 aliphatic heterocycles. The van der Waals surface area contributed by atoms with Crippen molar-refractivity contribution in [2.75, 3.05) is 13.2 Å². The van der Waals surface area contributed by atoms with Gasteiger partial charge in [-0.15, -0.1) is 0 Å². The van der Waals surface area contributed by atoms with Crippen molar-refractivity contribution in [1.29, 1.82) is 0 Å². The van der Waals surface area contributed by atoms with Gasteiger partial charge in [-0.2, -0.15) is 0 Å². The Morgan fingerprint density at radius 3 is 1.45 bits per heavy atom. The second kappa shape index (κ2) is 18.6. The summed E-state index contributed by atoms with van der Waals surface area (Å²) in [6, 6.07) is 0. The molecule has 0 saturated heterocycles. The Balaban J connectivity index is 0.000000311. The molecule has 31 heavy (non-hydrogen) atoms. The molecule has 0 aromatic heterocycles. The molecule has 2 unspecified atom stereocenters. The van der Waals surface area contributed by atoms with Crippen LogP contribution in [0, 0.1) is 11.8 Å². The second-order valence-electron chi connectivity index (χ2n) is 9.57. The van der Waals surface area contributed by atoms with Gasteiger partial charge in [0.1, 0.15) is 5.78 Å². The molecular formula is C27H48O4. The highest BCUT2D eigenvalue weighted by molar-refractivity contribution is 5.96. The topological polar surface area (TPSA) is 74.6 Å². The number of carbonyl (C=O) groups is 2. The Morgan fingerprint density at radius 2 is 0.968 bits per heavy atom. The summed E-state index contributed by atoms with van der Waals surface area (Å²) in [6.07, 6.45) is 21.4. The molecule has 4 nitrogen and oxygen atoms in total. The molecule has 2 aliphatic carbocycles. The first-order valence-corrected chi connectivity index (χ1v) is 13.1. The van der Waals surface area contributed by atoms with Crippen LogP contribution in [0.1, 0.15) is 122 Å². The Hall–Kier alpha value is -1.00. The van der Waals surface area contributed by atoms with Crippen LogP contribution in [-0.4, -0.2) is 35.0 Å². The van der Waals surface area contributed by atoms with Crippen LogP contribution in [0.2, 0.25) is 0 Å². The summed E-state index contributed by atoms with van der Waals surface area (Å²) < 4.78 is 0. The zero-order valence-corrected chi connectivity index (χ0v) is 19.9. The summed E-state index contributed by atoms with van der Waals surface area (Å²) in [5.74, 6) is 0.137. The fraction of sp³-hybridized carbons (Fsp3) is 0.852. The molecule has 0 aromatic carbocycles. The van der Waals surface area contributed by atoms with E-state index in [9.17, 15) is 14.7 Å². The van der Waals surface area contributed by atoms with Gasteiger partial charge in [0, 0.05) is 18.3 Å². The average molecular weight is 437 g/mol. The largest absolute Gasteiger partial charge is 0.396 e. The van der Waals surface area contributed by atoms with Crippen LogP contribution in [-0.2, 0) is 9.59 Å². The van der Waals surface area contributed by atoms with Gasteiger partial charge in [-0.05, 0) is 37.7 Å². The summed E-state index contributed by atoms with van der Waals surface area (Å²) in [4.78, 5) is 23.6.